The highest BCUT2D eigenvalue weighted by molar-refractivity contribution is 14.1. The van der Waals surface area contributed by atoms with Gasteiger partial charge in [-0.1, -0.05) is 31.6 Å². The number of rotatable bonds is 0. The van der Waals surface area contributed by atoms with Crippen molar-refractivity contribution in [2.24, 2.45) is 28.6 Å². The molecular formula is C20H29IO. The summed E-state index contributed by atoms with van der Waals surface area (Å²) in [4.78, 5) is 0. The van der Waals surface area contributed by atoms with Crippen LogP contribution in [0.5, 0.6) is 0 Å². The Morgan fingerprint density at radius 2 is 1.77 bits per heavy atom. The Labute approximate surface area is 148 Å². The van der Waals surface area contributed by atoms with Gasteiger partial charge in [-0.15, -0.1) is 0 Å². The molecule has 0 aromatic carbocycles. The van der Waals surface area contributed by atoms with Gasteiger partial charge in [0.2, 0.25) is 0 Å². The highest BCUT2D eigenvalue weighted by Gasteiger charge is 2.57. The maximum Gasteiger partial charge on any atom is 0.0657 e. The Hall–Kier alpha value is 0.170. The fraction of sp³-hybridized carbons (Fsp3) is 0.800. The Bertz CT molecular complexity index is 560. The molecule has 0 aliphatic heterocycles. The van der Waals surface area contributed by atoms with E-state index in [4.69, 9.17) is 0 Å². The highest BCUT2D eigenvalue weighted by Crippen LogP contribution is 2.66. The van der Waals surface area contributed by atoms with Crippen LogP contribution in [0.2, 0.25) is 0 Å². The molecule has 2 heteroatoms. The lowest BCUT2D eigenvalue weighted by atomic mass is 9.47. The average molecular weight is 412 g/mol. The van der Waals surface area contributed by atoms with E-state index in [0.717, 1.165) is 30.6 Å². The van der Waals surface area contributed by atoms with Gasteiger partial charge in [0.05, 0.1) is 5.60 Å². The Balaban J connectivity index is 1.68. The first-order valence-electron chi connectivity index (χ1n) is 9.04. The normalized spacial score (nSPS) is 54.0. The summed E-state index contributed by atoms with van der Waals surface area (Å²) in [6, 6.07) is 0. The maximum atomic E-state index is 10.5. The first-order chi connectivity index (χ1) is 10.3. The molecule has 6 atom stereocenters. The van der Waals surface area contributed by atoms with Crippen molar-refractivity contribution in [3.05, 3.63) is 21.3 Å². The molecular weight excluding hydrogens is 383 g/mol. The SMILES string of the molecule is C[C@@]1(O)CC[C@@]2(C)C(=CC[C@@H]3[C@@H]2CC[C@]2(C)C(I)=CC[C@@H]32)C1. The van der Waals surface area contributed by atoms with E-state index >= 15 is 0 Å². The fourth-order valence-electron chi connectivity index (χ4n) is 6.32. The summed E-state index contributed by atoms with van der Waals surface area (Å²) in [6.07, 6.45) is 13.4. The molecule has 0 aromatic heterocycles. The standard InChI is InChI=1S/C20H29IO/c1-18(22)10-11-19(2)13(12-18)4-5-14-15-6-7-17(21)20(15,3)9-8-16(14)19/h4,7,14-16,22H,5-6,8-12H2,1-3H3/t14-,15-,16-,18+,19-,20-/m0/s1. The summed E-state index contributed by atoms with van der Waals surface area (Å²) < 4.78 is 1.63. The van der Waals surface area contributed by atoms with E-state index in [9.17, 15) is 5.11 Å². The number of aliphatic hydroxyl groups is 1. The number of hydrogen-bond donors (Lipinski definition) is 1. The van der Waals surface area contributed by atoms with Gasteiger partial charge in [0.15, 0.2) is 0 Å². The zero-order valence-electron chi connectivity index (χ0n) is 14.2. The Morgan fingerprint density at radius 3 is 2.55 bits per heavy atom. The predicted octanol–water partition coefficient (Wildman–Crippen LogP) is 5.63. The molecule has 22 heavy (non-hydrogen) atoms. The second-order valence-corrected chi connectivity index (χ2v) is 10.3. The van der Waals surface area contributed by atoms with E-state index in [1.807, 2.05) is 6.92 Å². The zero-order chi connectivity index (χ0) is 15.8. The predicted molar refractivity (Wildman–Crippen MR) is 99.8 cm³/mol. The molecule has 122 valence electrons. The molecule has 4 aliphatic carbocycles. The van der Waals surface area contributed by atoms with Crippen molar-refractivity contribution in [3.8, 4) is 0 Å². The largest absolute Gasteiger partial charge is 0.390 e. The molecule has 0 spiro atoms. The van der Waals surface area contributed by atoms with Gasteiger partial charge in [-0.25, -0.2) is 0 Å². The van der Waals surface area contributed by atoms with Crippen LogP contribution in [0.1, 0.15) is 65.7 Å². The summed E-state index contributed by atoms with van der Waals surface area (Å²) in [5.74, 6) is 2.56. The molecule has 0 radical (unpaired) electrons. The zero-order valence-corrected chi connectivity index (χ0v) is 16.3. The van der Waals surface area contributed by atoms with Crippen LogP contribution >= 0.6 is 22.6 Å². The van der Waals surface area contributed by atoms with Crippen LogP contribution in [0.4, 0.5) is 0 Å². The summed E-state index contributed by atoms with van der Waals surface area (Å²) >= 11 is 2.60. The average Bonchev–Trinajstić information content (AvgIpc) is 2.76. The van der Waals surface area contributed by atoms with Gasteiger partial charge >= 0.3 is 0 Å². The Morgan fingerprint density at radius 1 is 1.00 bits per heavy atom. The maximum absolute atomic E-state index is 10.5. The number of allylic oxidation sites excluding steroid dienone is 3. The molecule has 0 heterocycles. The first kappa shape index (κ1) is 15.7. The molecule has 0 aromatic rings. The van der Waals surface area contributed by atoms with Gasteiger partial charge < -0.3 is 5.11 Å². The first-order valence-corrected chi connectivity index (χ1v) is 10.1. The third-order valence-corrected chi connectivity index (χ3v) is 9.54. The molecule has 0 bridgehead atoms. The second kappa shape index (κ2) is 4.84. The molecule has 0 amide bonds. The third kappa shape index (κ3) is 2.05. The van der Waals surface area contributed by atoms with Crippen LogP contribution in [0.3, 0.4) is 0 Å². The lowest BCUT2D eigenvalue weighted by Crippen LogP contribution is -2.51. The molecule has 0 saturated heterocycles. The van der Waals surface area contributed by atoms with Crippen LogP contribution in [-0.4, -0.2) is 10.7 Å². The summed E-state index contributed by atoms with van der Waals surface area (Å²) in [5, 5.41) is 10.5. The lowest BCUT2D eigenvalue weighted by Gasteiger charge is -2.58. The van der Waals surface area contributed by atoms with Gasteiger partial charge in [0.1, 0.15) is 0 Å². The minimum absolute atomic E-state index is 0.362. The van der Waals surface area contributed by atoms with Gasteiger partial charge in [-0.2, -0.15) is 0 Å². The van der Waals surface area contributed by atoms with Crippen LogP contribution in [-0.2, 0) is 0 Å². The van der Waals surface area contributed by atoms with Crippen molar-refractivity contribution in [1.29, 1.82) is 0 Å². The van der Waals surface area contributed by atoms with E-state index in [1.54, 1.807) is 9.15 Å². The van der Waals surface area contributed by atoms with Crippen LogP contribution < -0.4 is 0 Å². The topological polar surface area (TPSA) is 20.2 Å². The van der Waals surface area contributed by atoms with E-state index in [0.29, 0.717) is 10.8 Å². The number of halogens is 1. The van der Waals surface area contributed by atoms with Crippen molar-refractivity contribution in [1.82, 2.24) is 0 Å². The van der Waals surface area contributed by atoms with Crippen molar-refractivity contribution >= 4 is 22.6 Å². The van der Waals surface area contributed by atoms with E-state index in [1.165, 1.54) is 32.1 Å². The van der Waals surface area contributed by atoms with Crippen molar-refractivity contribution in [2.45, 2.75) is 71.3 Å². The van der Waals surface area contributed by atoms with Gasteiger partial charge in [-0.3, -0.25) is 0 Å². The minimum atomic E-state index is -0.467. The summed E-state index contributed by atoms with van der Waals surface area (Å²) in [7, 11) is 0. The quantitative estimate of drug-likeness (QED) is 0.404. The van der Waals surface area contributed by atoms with Gasteiger partial charge in [0.25, 0.3) is 0 Å². The second-order valence-electron chi connectivity index (χ2n) is 9.18. The van der Waals surface area contributed by atoms with E-state index in [2.05, 4.69) is 48.6 Å². The fourth-order valence-corrected chi connectivity index (χ4v) is 7.24. The number of hydrogen-bond acceptors (Lipinski definition) is 1. The van der Waals surface area contributed by atoms with Crippen LogP contribution in [0.25, 0.3) is 0 Å². The molecule has 4 aliphatic rings. The van der Waals surface area contributed by atoms with Crippen molar-refractivity contribution in [3.63, 3.8) is 0 Å². The molecule has 2 fully saturated rings. The van der Waals surface area contributed by atoms with Crippen molar-refractivity contribution < 1.29 is 5.11 Å². The minimum Gasteiger partial charge on any atom is -0.390 e. The summed E-state index contributed by atoms with van der Waals surface area (Å²) in [5.41, 5.74) is 1.93. The smallest absolute Gasteiger partial charge is 0.0657 e. The van der Waals surface area contributed by atoms with Crippen molar-refractivity contribution in [2.75, 3.05) is 0 Å². The molecule has 1 N–H and O–H groups in total. The molecule has 2 saturated carbocycles. The summed E-state index contributed by atoms with van der Waals surface area (Å²) in [6.45, 7) is 7.06. The van der Waals surface area contributed by atoms with Gasteiger partial charge in [0, 0.05) is 5.41 Å². The molecule has 4 rings (SSSR count). The molecule has 1 nitrogen and oxygen atoms in total. The van der Waals surface area contributed by atoms with Crippen LogP contribution in [0.15, 0.2) is 21.3 Å². The molecule has 0 unspecified atom stereocenters. The monoisotopic (exact) mass is 412 g/mol. The van der Waals surface area contributed by atoms with Gasteiger partial charge in [-0.05, 0) is 101 Å². The number of fused-ring (bicyclic) bond motifs is 5. The van der Waals surface area contributed by atoms with E-state index in [-0.39, 0.29) is 0 Å². The highest BCUT2D eigenvalue weighted by atomic mass is 127. The Kier molecular flexibility index (Phi) is 3.45. The third-order valence-electron chi connectivity index (χ3n) is 7.87. The van der Waals surface area contributed by atoms with Crippen LogP contribution in [0, 0.1) is 28.6 Å². The van der Waals surface area contributed by atoms with E-state index < -0.39 is 5.60 Å². The lowest BCUT2D eigenvalue weighted by molar-refractivity contribution is -0.0504.